The maximum Gasteiger partial charge on any atom is 0.224 e. The van der Waals surface area contributed by atoms with Crippen LogP contribution in [0, 0.1) is 5.41 Å². The predicted molar refractivity (Wildman–Crippen MR) is 84.7 cm³/mol. The van der Waals surface area contributed by atoms with Crippen molar-refractivity contribution in [3.8, 4) is 0 Å². The monoisotopic (exact) mass is 329 g/mol. The lowest BCUT2D eigenvalue weighted by molar-refractivity contribution is 0.254. The van der Waals surface area contributed by atoms with E-state index in [-0.39, 0.29) is 5.41 Å². The lowest BCUT2D eigenvalue weighted by Gasteiger charge is -2.28. The Labute approximate surface area is 124 Å². The molecule has 1 heterocycles. The van der Waals surface area contributed by atoms with Crippen LogP contribution in [0.2, 0.25) is 0 Å². The van der Waals surface area contributed by atoms with E-state index in [9.17, 15) is 0 Å². The number of anilines is 2. The van der Waals surface area contributed by atoms with Gasteiger partial charge in [-0.2, -0.15) is 4.98 Å². The third-order valence-corrected chi connectivity index (χ3v) is 3.14. The first-order valence-corrected chi connectivity index (χ1v) is 7.28. The third-order valence-electron chi connectivity index (χ3n) is 2.56. The maximum atomic E-state index is 4.45. The molecule has 0 saturated carbocycles. The fourth-order valence-corrected chi connectivity index (χ4v) is 2.30. The highest BCUT2D eigenvalue weighted by atomic mass is 79.9. The largest absolute Gasteiger partial charge is 0.368 e. The van der Waals surface area contributed by atoms with E-state index < -0.39 is 0 Å². The molecular formula is C13H24BrN5. The second-order valence-electron chi connectivity index (χ2n) is 5.68. The minimum absolute atomic E-state index is 0.173. The molecule has 0 bridgehead atoms. The van der Waals surface area contributed by atoms with Crippen molar-refractivity contribution >= 4 is 27.7 Å². The first-order valence-electron chi connectivity index (χ1n) is 6.49. The van der Waals surface area contributed by atoms with E-state index in [1.807, 2.05) is 6.92 Å². The van der Waals surface area contributed by atoms with Crippen LogP contribution in [0.1, 0.15) is 20.8 Å². The van der Waals surface area contributed by atoms with Gasteiger partial charge in [-0.15, -0.1) is 0 Å². The molecule has 0 aliphatic rings. The maximum absolute atomic E-state index is 4.45. The van der Waals surface area contributed by atoms with Crippen LogP contribution in [0.25, 0.3) is 0 Å². The Morgan fingerprint density at radius 1 is 1.32 bits per heavy atom. The van der Waals surface area contributed by atoms with Crippen LogP contribution in [-0.4, -0.2) is 48.6 Å². The first kappa shape index (κ1) is 16.2. The van der Waals surface area contributed by atoms with Gasteiger partial charge in [0.15, 0.2) is 0 Å². The van der Waals surface area contributed by atoms with Crippen LogP contribution in [0.4, 0.5) is 11.8 Å². The Bertz CT molecular complexity index is 406. The molecule has 0 fully saturated rings. The zero-order valence-electron chi connectivity index (χ0n) is 12.4. The molecule has 1 aromatic rings. The Morgan fingerprint density at radius 2 is 2.00 bits per heavy atom. The minimum Gasteiger partial charge on any atom is -0.368 e. The Kier molecular flexibility index (Phi) is 6.00. The van der Waals surface area contributed by atoms with Gasteiger partial charge in [0, 0.05) is 25.8 Å². The molecule has 19 heavy (non-hydrogen) atoms. The molecule has 108 valence electrons. The van der Waals surface area contributed by atoms with Gasteiger partial charge in [-0.25, -0.2) is 4.98 Å². The van der Waals surface area contributed by atoms with E-state index in [1.54, 1.807) is 6.20 Å². The average molecular weight is 330 g/mol. The summed E-state index contributed by atoms with van der Waals surface area (Å²) in [7, 11) is 4.18. The van der Waals surface area contributed by atoms with E-state index in [2.05, 4.69) is 69.4 Å². The van der Waals surface area contributed by atoms with E-state index in [0.717, 1.165) is 29.9 Å². The molecule has 0 atom stereocenters. The number of hydrogen-bond donors (Lipinski definition) is 2. The highest BCUT2D eigenvalue weighted by Crippen LogP contribution is 2.23. The van der Waals surface area contributed by atoms with Crippen LogP contribution in [-0.2, 0) is 0 Å². The molecule has 1 rings (SSSR count). The molecule has 0 unspecified atom stereocenters. The van der Waals surface area contributed by atoms with Crippen molar-refractivity contribution in [1.29, 1.82) is 0 Å². The Morgan fingerprint density at radius 3 is 2.58 bits per heavy atom. The van der Waals surface area contributed by atoms with Crippen LogP contribution < -0.4 is 10.6 Å². The number of hydrogen-bond acceptors (Lipinski definition) is 5. The van der Waals surface area contributed by atoms with E-state index in [4.69, 9.17) is 0 Å². The summed E-state index contributed by atoms with van der Waals surface area (Å²) in [5.41, 5.74) is 0.173. The molecule has 2 N–H and O–H groups in total. The molecule has 0 saturated heterocycles. The fraction of sp³-hybridized carbons (Fsp3) is 0.692. The highest BCUT2D eigenvalue weighted by molar-refractivity contribution is 9.10. The SMILES string of the molecule is CCNc1ncc(Br)c(NCC(C)(C)CN(C)C)n1. The van der Waals surface area contributed by atoms with Crippen molar-refractivity contribution in [3.05, 3.63) is 10.7 Å². The Hall–Kier alpha value is -0.880. The molecule has 0 radical (unpaired) electrons. The number of halogens is 1. The summed E-state index contributed by atoms with van der Waals surface area (Å²) >= 11 is 3.47. The first-order chi connectivity index (χ1) is 8.84. The normalized spacial score (nSPS) is 11.7. The van der Waals surface area contributed by atoms with Gasteiger partial charge in [0.05, 0.1) is 4.47 Å². The van der Waals surface area contributed by atoms with Crippen molar-refractivity contribution in [2.75, 3.05) is 44.4 Å². The van der Waals surface area contributed by atoms with Gasteiger partial charge >= 0.3 is 0 Å². The smallest absolute Gasteiger partial charge is 0.224 e. The summed E-state index contributed by atoms with van der Waals surface area (Å²) in [6, 6.07) is 0. The predicted octanol–water partition coefficient (Wildman–Crippen LogP) is 2.67. The minimum atomic E-state index is 0.173. The summed E-state index contributed by atoms with van der Waals surface area (Å²) in [5.74, 6) is 1.48. The van der Waals surface area contributed by atoms with Crippen LogP contribution >= 0.6 is 15.9 Å². The van der Waals surface area contributed by atoms with Gasteiger partial charge in [0.1, 0.15) is 5.82 Å². The number of nitrogens with one attached hydrogen (secondary N) is 2. The van der Waals surface area contributed by atoms with Gasteiger partial charge in [-0.05, 0) is 42.4 Å². The summed E-state index contributed by atoms with van der Waals surface area (Å²) in [6.45, 7) is 9.18. The summed E-state index contributed by atoms with van der Waals surface area (Å²) in [5, 5.41) is 6.51. The summed E-state index contributed by atoms with van der Waals surface area (Å²) < 4.78 is 0.884. The molecule has 0 spiro atoms. The summed E-state index contributed by atoms with van der Waals surface area (Å²) in [6.07, 6.45) is 1.77. The molecule has 5 nitrogen and oxygen atoms in total. The van der Waals surface area contributed by atoms with Crippen molar-refractivity contribution < 1.29 is 0 Å². The van der Waals surface area contributed by atoms with E-state index in [1.165, 1.54) is 0 Å². The second kappa shape index (κ2) is 7.05. The van der Waals surface area contributed by atoms with Gasteiger partial charge in [0.2, 0.25) is 5.95 Å². The molecule has 0 aromatic carbocycles. The fourth-order valence-electron chi connectivity index (χ4n) is 1.97. The third kappa shape index (κ3) is 5.74. The summed E-state index contributed by atoms with van der Waals surface area (Å²) in [4.78, 5) is 10.8. The van der Waals surface area contributed by atoms with Crippen LogP contribution in [0.5, 0.6) is 0 Å². The molecule has 6 heteroatoms. The van der Waals surface area contributed by atoms with Crippen molar-refractivity contribution in [1.82, 2.24) is 14.9 Å². The zero-order valence-corrected chi connectivity index (χ0v) is 14.0. The number of rotatable bonds is 7. The van der Waals surface area contributed by atoms with E-state index in [0.29, 0.717) is 5.95 Å². The zero-order chi connectivity index (χ0) is 14.5. The van der Waals surface area contributed by atoms with Crippen LogP contribution in [0.3, 0.4) is 0 Å². The van der Waals surface area contributed by atoms with Crippen molar-refractivity contribution in [2.24, 2.45) is 5.41 Å². The second-order valence-corrected chi connectivity index (χ2v) is 6.53. The van der Waals surface area contributed by atoms with Gasteiger partial charge in [0.25, 0.3) is 0 Å². The van der Waals surface area contributed by atoms with Gasteiger partial charge < -0.3 is 15.5 Å². The molecule has 0 aliphatic heterocycles. The van der Waals surface area contributed by atoms with Crippen molar-refractivity contribution in [3.63, 3.8) is 0 Å². The molecule has 0 aliphatic carbocycles. The van der Waals surface area contributed by atoms with E-state index >= 15 is 0 Å². The lowest BCUT2D eigenvalue weighted by Crippen LogP contribution is -2.34. The Balaban J connectivity index is 2.68. The number of nitrogens with zero attached hydrogens (tertiary/aromatic N) is 3. The molecule has 0 amide bonds. The standard InChI is InChI=1S/C13H24BrN5/c1-6-15-12-16-7-10(14)11(18-12)17-8-13(2,3)9-19(4)5/h7H,6,8-9H2,1-5H3,(H2,15,16,17,18). The lowest BCUT2D eigenvalue weighted by atomic mass is 9.93. The van der Waals surface area contributed by atoms with Crippen molar-refractivity contribution in [2.45, 2.75) is 20.8 Å². The topological polar surface area (TPSA) is 53.1 Å². The highest BCUT2D eigenvalue weighted by Gasteiger charge is 2.19. The quantitative estimate of drug-likeness (QED) is 0.805. The molecular weight excluding hydrogens is 306 g/mol. The van der Waals surface area contributed by atoms with Gasteiger partial charge in [-0.1, -0.05) is 13.8 Å². The number of aromatic nitrogens is 2. The molecule has 1 aromatic heterocycles. The average Bonchev–Trinajstić information content (AvgIpc) is 2.28. The van der Waals surface area contributed by atoms with Gasteiger partial charge in [-0.3, -0.25) is 0 Å². The van der Waals surface area contributed by atoms with Crippen LogP contribution in [0.15, 0.2) is 10.7 Å².